The van der Waals surface area contributed by atoms with E-state index in [0.717, 1.165) is 24.0 Å². The summed E-state index contributed by atoms with van der Waals surface area (Å²) >= 11 is 1.57. The van der Waals surface area contributed by atoms with E-state index in [9.17, 15) is 4.79 Å². The van der Waals surface area contributed by atoms with Crippen LogP contribution in [0.25, 0.3) is 0 Å². The van der Waals surface area contributed by atoms with Crippen molar-refractivity contribution in [2.75, 3.05) is 0 Å². The molecule has 0 amide bonds. The first-order valence-corrected chi connectivity index (χ1v) is 5.46. The third-order valence-corrected chi connectivity index (χ3v) is 2.63. The van der Waals surface area contributed by atoms with Crippen LogP contribution in [0, 0.1) is 0 Å². The summed E-state index contributed by atoms with van der Waals surface area (Å²) in [6, 6.07) is 1.88. The molecule has 0 fully saturated rings. The van der Waals surface area contributed by atoms with Gasteiger partial charge in [-0.2, -0.15) is 11.3 Å². The van der Waals surface area contributed by atoms with Crippen molar-refractivity contribution in [3.63, 3.8) is 0 Å². The van der Waals surface area contributed by atoms with Crippen LogP contribution in [0.1, 0.15) is 37.0 Å². The maximum absolute atomic E-state index is 11.8. The third kappa shape index (κ3) is 2.52. The van der Waals surface area contributed by atoms with Crippen molar-refractivity contribution in [3.8, 4) is 0 Å². The Balaban J connectivity index is 2.77. The second-order valence-electron chi connectivity index (χ2n) is 2.91. The topological polar surface area (TPSA) is 17.1 Å². The summed E-state index contributed by atoms with van der Waals surface area (Å²) in [4.78, 5) is 11.8. The molecule has 2 heteroatoms. The Hall–Kier alpha value is -0.890. The fraction of sp³-hybridized carbons (Fsp3) is 0.364. The first kappa shape index (κ1) is 10.2. The van der Waals surface area contributed by atoms with Crippen LogP contribution in [0.15, 0.2) is 28.5 Å². The lowest BCUT2D eigenvalue weighted by Crippen LogP contribution is -2.01. The van der Waals surface area contributed by atoms with E-state index in [1.807, 2.05) is 29.8 Å². The van der Waals surface area contributed by atoms with Crippen LogP contribution in [0.2, 0.25) is 0 Å². The molecule has 1 nitrogen and oxygen atoms in total. The normalized spacial score (nSPS) is 11.7. The highest BCUT2D eigenvalue weighted by molar-refractivity contribution is 7.08. The number of Topliss-reactive ketones (excluding diaryl/α,β-unsaturated/α-hetero) is 1. The molecule has 0 aromatic carbocycles. The van der Waals surface area contributed by atoms with Gasteiger partial charge in [0.2, 0.25) is 0 Å². The Bertz CT molecular complexity index is 296. The zero-order chi connectivity index (χ0) is 9.68. The Morgan fingerprint density at radius 2 is 2.38 bits per heavy atom. The van der Waals surface area contributed by atoms with Gasteiger partial charge in [-0.15, -0.1) is 0 Å². The van der Waals surface area contributed by atoms with Crippen LogP contribution in [-0.4, -0.2) is 5.78 Å². The summed E-state index contributed by atoms with van der Waals surface area (Å²) < 4.78 is 0. The van der Waals surface area contributed by atoms with Crippen molar-refractivity contribution < 1.29 is 4.79 Å². The zero-order valence-electron chi connectivity index (χ0n) is 8.04. The summed E-state index contributed by atoms with van der Waals surface area (Å²) in [7, 11) is 0. The minimum atomic E-state index is 0.186. The van der Waals surface area contributed by atoms with Gasteiger partial charge in [-0.3, -0.25) is 4.79 Å². The SMILES string of the molecule is C/C=C(\CCC)C(=O)c1ccsc1. The van der Waals surface area contributed by atoms with Crippen LogP contribution < -0.4 is 0 Å². The molecule has 0 saturated heterocycles. The van der Waals surface area contributed by atoms with Crippen LogP contribution in [0.4, 0.5) is 0 Å². The van der Waals surface area contributed by atoms with E-state index in [1.54, 1.807) is 11.3 Å². The summed E-state index contributed by atoms with van der Waals surface area (Å²) in [5, 5.41) is 3.84. The Labute approximate surface area is 83.1 Å². The third-order valence-electron chi connectivity index (χ3n) is 1.94. The van der Waals surface area contributed by atoms with Crippen molar-refractivity contribution in [1.29, 1.82) is 0 Å². The second kappa shape index (κ2) is 4.97. The lowest BCUT2D eigenvalue weighted by molar-refractivity contribution is 0.103. The second-order valence-corrected chi connectivity index (χ2v) is 3.69. The molecular weight excluding hydrogens is 180 g/mol. The van der Waals surface area contributed by atoms with Crippen LogP contribution in [0.5, 0.6) is 0 Å². The molecule has 1 aromatic rings. The number of rotatable bonds is 4. The molecule has 0 bridgehead atoms. The number of carbonyl (C=O) groups excluding carboxylic acids is 1. The number of ketones is 1. The number of carbonyl (C=O) groups is 1. The highest BCUT2D eigenvalue weighted by atomic mass is 32.1. The summed E-state index contributed by atoms with van der Waals surface area (Å²) in [6.07, 6.45) is 3.82. The monoisotopic (exact) mass is 194 g/mol. The molecule has 1 heterocycles. The molecule has 0 unspecified atom stereocenters. The van der Waals surface area contributed by atoms with Gasteiger partial charge < -0.3 is 0 Å². The Morgan fingerprint density at radius 3 is 2.85 bits per heavy atom. The maximum atomic E-state index is 11.8. The molecule has 1 rings (SSSR count). The predicted molar refractivity (Wildman–Crippen MR) is 57.3 cm³/mol. The molecule has 0 aliphatic heterocycles. The standard InChI is InChI=1S/C11H14OS/c1-3-5-9(4-2)11(12)10-6-7-13-8-10/h4,6-8H,3,5H2,1-2H3/b9-4+. The molecule has 0 aliphatic carbocycles. The molecular formula is C11H14OS. The molecule has 0 saturated carbocycles. The van der Waals surface area contributed by atoms with Gasteiger partial charge in [0.05, 0.1) is 0 Å². The molecule has 0 radical (unpaired) electrons. The highest BCUT2D eigenvalue weighted by Gasteiger charge is 2.10. The molecule has 0 spiro atoms. The lowest BCUT2D eigenvalue weighted by atomic mass is 10.0. The fourth-order valence-electron chi connectivity index (χ4n) is 1.24. The van der Waals surface area contributed by atoms with Gasteiger partial charge in [0.25, 0.3) is 0 Å². The van der Waals surface area contributed by atoms with E-state index >= 15 is 0 Å². The molecule has 13 heavy (non-hydrogen) atoms. The fourth-order valence-corrected chi connectivity index (χ4v) is 1.87. The summed E-state index contributed by atoms with van der Waals surface area (Å²) in [6.45, 7) is 4.01. The minimum Gasteiger partial charge on any atom is -0.289 e. The number of allylic oxidation sites excluding steroid dienone is 2. The van der Waals surface area contributed by atoms with Gasteiger partial charge in [0.15, 0.2) is 5.78 Å². The van der Waals surface area contributed by atoms with Gasteiger partial charge in [0, 0.05) is 10.9 Å². The van der Waals surface area contributed by atoms with Gasteiger partial charge in [0.1, 0.15) is 0 Å². The average Bonchev–Trinajstić information content (AvgIpc) is 2.65. The van der Waals surface area contributed by atoms with Gasteiger partial charge in [-0.05, 0) is 30.4 Å². The predicted octanol–water partition coefficient (Wildman–Crippen LogP) is 3.68. The van der Waals surface area contributed by atoms with E-state index in [-0.39, 0.29) is 5.78 Å². The molecule has 70 valence electrons. The van der Waals surface area contributed by atoms with Gasteiger partial charge in [-0.1, -0.05) is 19.4 Å². The molecule has 0 aliphatic rings. The Kier molecular flexibility index (Phi) is 3.90. The zero-order valence-corrected chi connectivity index (χ0v) is 8.86. The number of hydrogen-bond acceptors (Lipinski definition) is 2. The lowest BCUT2D eigenvalue weighted by Gasteiger charge is -2.01. The van der Waals surface area contributed by atoms with Crippen LogP contribution in [-0.2, 0) is 0 Å². The van der Waals surface area contributed by atoms with Crippen molar-refractivity contribution >= 4 is 17.1 Å². The first-order valence-electron chi connectivity index (χ1n) is 4.51. The quantitative estimate of drug-likeness (QED) is 0.528. The first-order chi connectivity index (χ1) is 6.29. The van der Waals surface area contributed by atoms with E-state index in [1.165, 1.54) is 0 Å². The number of hydrogen-bond donors (Lipinski definition) is 0. The van der Waals surface area contributed by atoms with Crippen molar-refractivity contribution in [1.82, 2.24) is 0 Å². The van der Waals surface area contributed by atoms with Crippen molar-refractivity contribution in [3.05, 3.63) is 34.0 Å². The Morgan fingerprint density at radius 1 is 1.62 bits per heavy atom. The largest absolute Gasteiger partial charge is 0.289 e. The van der Waals surface area contributed by atoms with Gasteiger partial charge >= 0.3 is 0 Å². The molecule has 1 aromatic heterocycles. The van der Waals surface area contributed by atoms with E-state index in [0.29, 0.717) is 0 Å². The number of thiophene rings is 1. The van der Waals surface area contributed by atoms with Crippen molar-refractivity contribution in [2.24, 2.45) is 0 Å². The van der Waals surface area contributed by atoms with E-state index in [4.69, 9.17) is 0 Å². The highest BCUT2D eigenvalue weighted by Crippen LogP contribution is 2.15. The molecule has 0 atom stereocenters. The van der Waals surface area contributed by atoms with Crippen LogP contribution >= 0.6 is 11.3 Å². The maximum Gasteiger partial charge on any atom is 0.189 e. The van der Waals surface area contributed by atoms with Gasteiger partial charge in [-0.25, -0.2) is 0 Å². The average molecular weight is 194 g/mol. The molecule has 0 N–H and O–H groups in total. The summed E-state index contributed by atoms with van der Waals surface area (Å²) in [5.74, 6) is 0.186. The van der Waals surface area contributed by atoms with E-state index in [2.05, 4.69) is 6.92 Å². The van der Waals surface area contributed by atoms with Crippen molar-refractivity contribution in [2.45, 2.75) is 26.7 Å². The minimum absolute atomic E-state index is 0.186. The van der Waals surface area contributed by atoms with Crippen LogP contribution in [0.3, 0.4) is 0 Å². The smallest absolute Gasteiger partial charge is 0.189 e. The van der Waals surface area contributed by atoms with E-state index < -0.39 is 0 Å². The summed E-state index contributed by atoms with van der Waals surface area (Å²) in [5.41, 5.74) is 1.76.